The number of hydrogen-bond acceptors (Lipinski definition) is 3. The van der Waals surface area contributed by atoms with E-state index in [0.29, 0.717) is 17.9 Å². The Morgan fingerprint density at radius 3 is 2.29 bits per heavy atom. The molecule has 1 N–H and O–H groups in total. The highest BCUT2D eigenvalue weighted by atomic mass is 16.2. The lowest BCUT2D eigenvalue weighted by atomic mass is 9.76. The van der Waals surface area contributed by atoms with Gasteiger partial charge in [0, 0.05) is 44.2 Å². The minimum atomic E-state index is -0.159. The van der Waals surface area contributed by atoms with Crippen molar-refractivity contribution in [3.8, 4) is 0 Å². The molecule has 4 nitrogen and oxygen atoms in total. The first-order chi connectivity index (χ1) is 10.1. The second-order valence-corrected chi connectivity index (χ2v) is 7.68. The molecule has 4 heteroatoms. The Morgan fingerprint density at radius 1 is 1.05 bits per heavy atom. The number of nitrogens with one attached hydrogen (secondary N) is 1. The van der Waals surface area contributed by atoms with Gasteiger partial charge in [0.05, 0.1) is 0 Å². The summed E-state index contributed by atoms with van der Waals surface area (Å²) in [4.78, 5) is 17.6. The Kier molecular flexibility index (Phi) is 4.55. The molecule has 3 rings (SSSR count). The largest absolute Gasteiger partial charge is 0.340 e. The van der Waals surface area contributed by atoms with E-state index in [1.807, 2.05) is 0 Å². The van der Waals surface area contributed by atoms with Crippen molar-refractivity contribution in [3.63, 3.8) is 0 Å². The lowest BCUT2D eigenvalue weighted by molar-refractivity contribution is -0.145. The molecule has 0 bridgehead atoms. The molecule has 0 spiro atoms. The van der Waals surface area contributed by atoms with Crippen LogP contribution in [-0.4, -0.2) is 61.0 Å². The van der Waals surface area contributed by atoms with Crippen LogP contribution in [0.4, 0.5) is 0 Å². The number of nitrogens with zero attached hydrogens (tertiary/aromatic N) is 2. The lowest BCUT2D eigenvalue weighted by Crippen LogP contribution is -2.55. The van der Waals surface area contributed by atoms with Crippen LogP contribution in [0.15, 0.2) is 0 Å². The van der Waals surface area contributed by atoms with Crippen molar-refractivity contribution in [2.45, 2.75) is 52.0 Å². The number of amides is 1. The van der Waals surface area contributed by atoms with Gasteiger partial charge in [-0.15, -0.1) is 0 Å². The maximum absolute atomic E-state index is 12.9. The van der Waals surface area contributed by atoms with E-state index in [-0.39, 0.29) is 5.41 Å². The summed E-state index contributed by atoms with van der Waals surface area (Å²) in [6.45, 7) is 10.6. The highest BCUT2D eigenvalue weighted by molar-refractivity contribution is 5.82. The van der Waals surface area contributed by atoms with Crippen LogP contribution in [0.25, 0.3) is 0 Å². The minimum Gasteiger partial charge on any atom is -0.340 e. The third kappa shape index (κ3) is 3.11. The van der Waals surface area contributed by atoms with Crippen molar-refractivity contribution < 1.29 is 4.79 Å². The van der Waals surface area contributed by atoms with Gasteiger partial charge in [-0.1, -0.05) is 26.7 Å². The third-order valence-electron chi connectivity index (χ3n) is 6.08. The fourth-order valence-electron chi connectivity index (χ4n) is 4.47. The molecule has 2 saturated heterocycles. The van der Waals surface area contributed by atoms with Crippen LogP contribution in [0.2, 0.25) is 0 Å². The standard InChI is InChI=1S/C17H31N3O/c1-17(2,14-5-3-4-6-14)16(21)20-11-9-19(10-12-20)15-7-8-18-13-15/h14-15,18H,3-13H2,1-2H3. The second-order valence-electron chi connectivity index (χ2n) is 7.68. The van der Waals surface area contributed by atoms with Crippen LogP contribution < -0.4 is 5.32 Å². The normalized spacial score (nSPS) is 29.2. The van der Waals surface area contributed by atoms with Crippen LogP contribution in [-0.2, 0) is 4.79 Å². The molecule has 1 aliphatic carbocycles. The summed E-state index contributed by atoms with van der Waals surface area (Å²) in [5.41, 5.74) is -0.159. The Bertz CT molecular complexity index is 362. The molecule has 0 aromatic heterocycles. The number of carbonyl (C=O) groups is 1. The van der Waals surface area contributed by atoms with Crippen molar-refractivity contribution in [3.05, 3.63) is 0 Å². The molecule has 2 aliphatic heterocycles. The van der Waals surface area contributed by atoms with Crippen LogP contribution in [0.1, 0.15) is 46.0 Å². The maximum atomic E-state index is 12.9. The van der Waals surface area contributed by atoms with E-state index in [0.717, 1.165) is 39.3 Å². The second kappa shape index (κ2) is 6.25. The summed E-state index contributed by atoms with van der Waals surface area (Å²) < 4.78 is 0. The van der Waals surface area contributed by atoms with Crippen LogP contribution in [0.5, 0.6) is 0 Å². The predicted octanol–water partition coefficient (Wildman–Crippen LogP) is 1.71. The van der Waals surface area contributed by atoms with Crippen LogP contribution in [0.3, 0.4) is 0 Å². The SMILES string of the molecule is CC(C)(C(=O)N1CCN(C2CCNC2)CC1)C1CCCC1. The zero-order chi connectivity index (χ0) is 14.9. The van der Waals surface area contributed by atoms with Gasteiger partial charge in [0.25, 0.3) is 0 Å². The molecular formula is C17H31N3O. The molecule has 0 radical (unpaired) electrons. The summed E-state index contributed by atoms with van der Waals surface area (Å²) >= 11 is 0. The minimum absolute atomic E-state index is 0.159. The number of rotatable bonds is 3. The first-order valence-electron chi connectivity index (χ1n) is 8.83. The lowest BCUT2D eigenvalue weighted by Gasteiger charge is -2.42. The van der Waals surface area contributed by atoms with Gasteiger partial charge in [-0.25, -0.2) is 0 Å². The quantitative estimate of drug-likeness (QED) is 0.860. The summed E-state index contributed by atoms with van der Waals surface area (Å²) in [6, 6.07) is 0.699. The average molecular weight is 293 g/mol. The van der Waals surface area contributed by atoms with Gasteiger partial charge in [-0.3, -0.25) is 9.69 Å². The maximum Gasteiger partial charge on any atom is 0.228 e. The molecule has 2 heterocycles. The fourth-order valence-corrected chi connectivity index (χ4v) is 4.47. The predicted molar refractivity (Wildman–Crippen MR) is 85.2 cm³/mol. The molecule has 21 heavy (non-hydrogen) atoms. The zero-order valence-corrected chi connectivity index (χ0v) is 13.7. The van der Waals surface area contributed by atoms with E-state index in [4.69, 9.17) is 0 Å². The Labute approximate surface area is 129 Å². The molecule has 1 saturated carbocycles. The van der Waals surface area contributed by atoms with Gasteiger partial charge in [0.1, 0.15) is 0 Å². The monoisotopic (exact) mass is 293 g/mol. The average Bonchev–Trinajstić information content (AvgIpc) is 3.19. The Hall–Kier alpha value is -0.610. The summed E-state index contributed by atoms with van der Waals surface area (Å²) in [5, 5.41) is 3.44. The van der Waals surface area contributed by atoms with E-state index in [1.165, 1.54) is 32.1 Å². The van der Waals surface area contributed by atoms with E-state index in [1.54, 1.807) is 0 Å². The Balaban J connectivity index is 1.54. The third-order valence-corrected chi connectivity index (χ3v) is 6.08. The van der Waals surface area contributed by atoms with Crippen LogP contribution in [0, 0.1) is 11.3 Å². The topological polar surface area (TPSA) is 35.6 Å². The van der Waals surface area contributed by atoms with Crippen molar-refractivity contribution in [2.75, 3.05) is 39.3 Å². The molecule has 120 valence electrons. The van der Waals surface area contributed by atoms with Crippen molar-refractivity contribution in [1.29, 1.82) is 0 Å². The van der Waals surface area contributed by atoms with Crippen molar-refractivity contribution in [1.82, 2.24) is 15.1 Å². The van der Waals surface area contributed by atoms with Crippen molar-refractivity contribution in [2.24, 2.45) is 11.3 Å². The van der Waals surface area contributed by atoms with Gasteiger partial charge in [0.15, 0.2) is 0 Å². The van der Waals surface area contributed by atoms with Crippen molar-refractivity contribution >= 4 is 5.91 Å². The zero-order valence-electron chi connectivity index (χ0n) is 13.7. The van der Waals surface area contributed by atoms with Gasteiger partial charge >= 0.3 is 0 Å². The van der Waals surface area contributed by atoms with E-state index in [2.05, 4.69) is 29.0 Å². The summed E-state index contributed by atoms with van der Waals surface area (Å²) in [6.07, 6.45) is 6.37. The number of carbonyl (C=O) groups excluding carboxylic acids is 1. The van der Waals surface area contributed by atoms with Gasteiger partial charge in [-0.05, 0) is 31.7 Å². The fraction of sp³-hybridized carbons (Fsp3) is 0.941. The first-order valence-corrected chi connectivity index (χ1v) is 8.83. The van der Waals surface area contributed by atoms with Crippen LogP contribution >= 0.6 is 0 Å². The van der Waals surface area contributed by atoms with Gasteiger partial charge in [0.2, 0.25) is 5.91 Å². The summed E-state index contributed by atoms with van der Waals surface area (Å²) in [7, 11) is 0. The molecule has 1 unspecified atom stereocenters. The molecule has 1 amide bonds. The molecule has 3 aliphatic rings. The number of piperazine rings is 1. The molecular weight excluding hydrogens is 262 g/mol. The molecule has 3 fully saturated rings. The first kappa shape index (κ1) is 15.3. The van der Waals surface area contributed by atoms with E-state index >= 15 is 0 Å². The van der Waals surface area contributed by atoms with Gasteiger partial charge < -0.3 is 10.2 Å². The van der Waals surface area contributed by atoms with E-state index < -0.39 is 0 Å². The summed E-state index contributed by atoms with van der Waals surface area (Å²) in [5.74, 6) is 1.00. The molecule has 1 atom stereocenters. The molecule has 0 aromatic carbocycles. The smallest absolute Gasteiger partial charge is 0.228 e. The highest BCUT2D eigenvalue weighted by Gasteiger charge is 2.41. The Morgan fingerprint density at radius 2 is 1.71 bits per heavy atom. The highest BCUT2D eigenvalue weighted by Crippen LogP contribution is 2.40. The van der Waals surface area contributed by atoms with E-state index in [9.17, 15) is 4.79 Å². The molecule has 0 aromatic rings. The number of hydrogen-bond donors (Lipinski definition) is 1. The van der Waals surface area contributed by atoms with Gasteiger partial charge in [-0.2, -0.15) is 0 Å².